The molecule has 0 saturated carbocycles. The maximum Gasteiger partial charge on any atom is 0.405 e. The van der Waals surface area contributed by atoms with Crippen molar-refractivity contribution >= 4 is 57.0 Å². The summed E-state index contributed by atoms with van der Waals surface area (Å²) in [6, 6.07) is 7.97. The number of aromatic amines is 1. The molecule has 0 spiro atoms. The standard InChI is InChI=1S/C21H18ClF3N6OS.3H2/c1-33-9-16(20(32)28-10-21(23,24)25)30-18-12-4-2-3-5-15(12)29-19(31-18)14-8-27-17-13(14)6-11(22)7-26-17;;;/h2-8,16H,9-10H2,1H3,(H,26,27)(H,28,32)(H,29,30,31);3*1H/t16-;;;/m0.../s1. The number of anilines is 1. The minimum absolute atomic E-state index is 0. The van der Waals surface area contributed by atoms with Crippen LogP contribution in [-0.2, 0) is 4.79 Å². The number of carbonyl (C=O) groups excluding carboxylic acids is 1. The number of halogens is 4. The molecule has 1 amide bonds. The van der Waals surface area contributed by atoms with Gasteiger partial charge in [-0.3, -0.25) is 4.79 Å². The summed E-state index contributed by atoms with van der Waals surface area (Å²) in [6.45, 7) is -1.41. The minimum atomic E-state index is -4.50. The third-order valence-electron chi connectivity index (χ3n) is 4.77. The average Bonchev–Trinajstić information content (AvgIpc) is 3.19. The second kappa shape index (κ2) is 9.44. The number of amides is 1. The molecule has 0 aliphatic carbocycles. The summed E-state index contributed by atoms with van der Waals surface area (Å²) in [5.74, 6) is 0.157. The molecule has 0 unspecified atom stereocenters. The van der Waals surface area contributed by atoms with Crippen molar-refractivity contribution in [1.82, 2.24) is 25.3 Å². The van der Waals surface area contributed by atoms with E-state index in [1.807, 2.05) is 11.4 Å². The van der Waals surface area contributed by atoms with Gasteiger partial charge in [-0.15, -0.1) is 0 Å². The van der Waals surface area contributed by atoms with E-state index in [1.54, 1.807) is 36.7 Å². The highest BCUT2D eigenvalue weighted by molar-refractivity contribution is 7.98. The Bertz CT molecular complexity index is 1330. The Labute approximate surface area is 200 Å². The van der Waals surface area contributed by atoms with Crippen LogP contribution >= 0.6 is 23.4 Å². The Hall–Kier alpha value is -3.05. The number of carbonyl (C=O) groups is 1. The molecule has 1 atom stereocenters. The summed E-state index contributed by atoms with van der Waals surface area (Å²) < 4.78 is 37.8. The number of rotatable bonds is 7. The molecule has 0 bridgehead atoms. The molecular weight excluding hydrogens is 477 g/mol. The second-order valence-corrected chi connectivity index (χ2v) is 8.50. The molecule has 33 heavy (non-hydrogen) atoms. The normalized spacial score (nSPS) is 12.8. The van der Waals surface area contributed by atoms with E-state index < -0.39 is 24.7 Å². The maximum atomic E-state index is 12.6. The van der Waals surface area contributed by atoms with Gasteiger partial charge in [0.15, 0.2) is 5.82 Å². The molecule has 4 rings (SSSR count). The summed E-state index contributed by atoms with van der Waals surface area (Å²) in [7, 11) is 0. The van der Waals surface area contributed by atoms with Crippen LogP contribution in [0.15, 0.2) is 42.7 Å². The van der Waals surface area contributed by atoms with Gasteiger partial charge in [0.05, 0.1) is 10.5 Å². The van der Waals surface area contributed by atoms with Gasteiger partial charge in [-0.05, 0) is 24.5 Å². The molecule has 4 aromatic rings. The number of thioether (sulfide) groups is 1. The zero-order chi connectivity index (χ0) is 23.6. The Morgan fingerprint density at radius 2 is 2.06 bits per heavy atom. The van der Waals surface area contributed by atoms with E-state index in [0.29, 0.717) is 44.2 Å². The summed E-state index contributed by atoms with van der Waals surface area (Å²) in [5, 5.41) is 6.75. The lowest BCUT2D eigenvalue weighted by atomic mass is 10.1. The van der Waals surface area contributed by atoms with E-state index in [0.717, 1.165) is 0 Å². The first-order valence-corrected chi connectivity index (χ1v) is 11.5. The summed E-state index contributed by atoms with van der Waals surface area (Å²) >= 11 is 7.43. The van der Waals surface area contributed by atoms with Crippen LogP contribution in [0.25, 0.3) is 33.3 Å². The van der Waals surface area contributed by atoms with Crippen molar-refractivity contribution in [2.24, 2.45) is 0 Å². The Balaban J connectivity index is 0.00000216. The van der Waals surface area contributed by atoms with Crippen LogP contribution in [0.1, 0.15) is 4.28 Å². The molecule has 0 fully saturated rings. The fourth-order valence-corrected chi connectivity index (χ4v) is 4.02. The van der Waals surface area contributed by atoms with Gasteiger partial charge in [0.2, 0.25) is 5.91 Å². The summed E-state index contributed by atoms with van der Waals surface area (Å²) in [5.41, 5.74) is 1.86. The average molecular weight is 501 g/mol. The van der Waals surface area contributed by atoms with E-state index in [9.17, 15) is 18.0 Å². The van der Waals surface area contributed by atoms with Crippen molar-refractivity contribution in [3.05, 3.63) is 47.7 Å². The molecule has 7 nitrogen and oxygen atoms in total. The fraction of sp³-hybridized carbons (Fsp3) is 0.238. The quantitative estimate of drug-likeness (QED) is 0.315. The number of hydrogen-bond donors (Lipinski definition) is 3. The molecule has 0 saturated heterocycles. The largest absolute Gasteiger partial charge is 0.405 e. The first kappa shape index (κ1) is 23.1. The summed E-state index contributed by atoms with van der Waals surface area (Å²) in [4.78, 5) is 29.0. The number of alkyl halides is 3. The van der Waals surface area contributed by atoms with Gasteiger partial charge >= 0.3 is 6.18 Å². The van der Waals surface area contributed by atoms with Crippen LogP contribution < -0.4 is 10.6 Å². The van der Waals surface area contributed by atoms with Crippen molar-refractivity contribution in [1.29, 1.82) is 0 Å². The van der Waals surface area contributed by atoms with Gasteiger partial charge in [-0.1, -0.05) is 23.7 Å². The predicted octanol–water partition coefficient (Wildman–Crippen LogP) is 5.39. The SMILES string of the molecule is CSC[C@H](Nc1nc(-c2c[nH]c3ncc(Cl)cc23)nc2ccccc12)C(=O)NCC(F)(F)F.[HH].[HH].[HH]. The van der Waals surface area contributed by atoms with Crippen LogP contribution in [0.3, 0.4) is 0 Å². The number of nitrogens with one attached hydrogen (secondary N) is 3. The molecular formula is C21H24ClF3N6OS. The monoisotopic (exact) mass is 500 g/mol. The van der Waals surface area contributed by atoms with Crippen LogP contribution in [0.4, 0.5) is 19.0 Å². The molecule has 3 aromatic heterocycles. The van der Waals surface area contributed by atoms with Crippen molar-refractivity contribution in [2.75, 3.05) is 23.9 Å². The maximum absolute atomic E-state index is 12.6. The second-order valence-electron chi connectivity index (χ2n) is 7.15. The highest BCUT2D eigenvalue weighted by atomic mass is 35.5. The number of nitrogens with zero attached hydrogens (tertiary/aromatic N) is 3. The smallest absolute Gasteiger partial charge is 0.357 e. The third kappa shape index (κ3) is 5.31. The Morgan fingerprint density at radius 1 is 1.27 bits per heavy atom. The number of hydrogen-bond acceptors (Lipinski definition) is 6. The molecule has 0 aliphatic rings. The topological polar surface area (TPSA) is 95.6 Å². The van der Waals surface area contributed by atoms with Crippen molar-refractivity contribution < 1.29 is 22.2 Å². The molecule has 0 radical (unpaired) electrons. The van der Waals surface area contributed by atoms with E-state index in [2.05, 4.69) is 25.3 Å². The zero-order valence-electron chi connectivity index (χ0n) is 17.2. The third-order valence-corrected chi connectivity index (χ3v) is 5.64. The van der Waals surface area contributed by atoms with Gasteiger partial charge in [0.25, 0.3) is 0 Å². The predicted molar refractivity (Wildman–Crippen MR) is 131 cm³/mol. The lowest BCUT2D eigenvalue weighted by Crippen LogP contribution is -2.45. The summed E-state index contributed by atoms with van der Waals surface area (Å²) in [6.07, 6.45) is 0.485. The van der Waals surface area contributed by atoms with Crippen molar-refractivity contribution in [2.45, 2.75) is 12.2 Å². The lowest BCUT2D eigenvalue weighted by molar-refractivity contribution is -0.138. The first-order chi connectivity index (χ1) is 15.7. The number of benzene rings is 1. The van der Waals surface area contributed by atoms with Gasteiger partial charge < -0.3 is 15.6 Å². The van der Waals surface area contributed by atoms with Crippen LogP contribution in [0.2, 0.25) is 5.02 Å². The van der Waals surface area contributed by atoms with Gasteiger partial charge in [0, 0.05) is 38.8 Å². The molecule has 1 aromatic carbocycles. The van der Waals surface area contributed by atoms with Gasteiger partial charge in [-0.2, -0.15) is 24.9 Å². The van der Waals surface area contributed by atoms with E-state index in [4.69, 9.17) is 11.6 Å². The van der Waals surface area contributed by atoms with E-state index in [-0.39, 0.29) is 10.0 Å². The van der Waals surface area contributed by atoms with E-state index >= 15 is 0 Å². The zero-order valence-corrected chi connectivity index (χ0v) is 18.8. The highest BCUT2D eigenvalue weighted by Gasteiger charge is 2.30. The Kier molecular flexibility index (Phi) is 6.61. The number of para-hydroxylation sites is 1. The van der Waals surface area contributed by atoms with Crippen LogP contribution in [-0.4, -0.2) is 56.6 Å². The van der Waals surface area contributed by atoms with Crippen LogP contribution in [0, 0.1) is 0 Å². The number of pyridine rings is 1. The van der Waals surface area contributed by atoms with Crippen LogP contribution in [0.5, 0.6) is 0 Å². The molecule has 178 valence electrons. The fourth-order valence-electron chi connectivity index (χ4n) is 3.30. The minimum Gasteiger partial charge on any atom is -0.357 e. The molecule has 0 aliphatic heterocycles. The number of aromatic nitrogens is 4. The van der Waals surface area contributed by atoms with Crippen molar-refractivity contribution in [3.8, 4) is 11.4 Å². The number of H-pyrrole nitrogens is 1. The Morgan fingerprint density at radius 3 is 2.82 bits per heavy atom. The molecule has 3 heterocycles. The molecule has 3 N–H and O–H groups in total. The van der Waals surface area contributed by atoms with E-state index in [1.165, 1.54) is 18.0 Å². The molecule has 12 heteroatoms. The lowest BCUT2D eigenvalue weighted by Gasteiger charge is -2.20. The highest BCUT2D eigenvalue weighted by Crippen LogP contribution is 2.31. The van der Waals surface area contributed by atoms with Gasteiger partial charge in [0.1, 0.15) is 24.1 Å². The van der Waals surface area contributed by atoms with Gasteiger partial charge in [-0.25, -0.2) is 15.0 Å². The first-order valence-electron chi connectivity index (χ1n) is 9.75. The number of fused-ring (bicyclic) bond motifs is 2. The van der Waals surface area contributed by atoms with Crippen molar-refractivity contribution in [3.63, 3.8) is 0 Å².